The van der Waals surface area contributed by atoms with Crippen LogP contribution in [-0.4, -0.2) is 18.2 Å². The highest BCUT2D eigenvalue weighted by Crippen LogP contribution is 2.21. The van der Waals surface area contributed by atoms with Gasteiger partial charge in [0.15, 0.2) is 5.82 Å². The molecule has 0 saturated heterocycles. The van der Waals surface area contributed by atoms with Gasteiger partial charge in [-0.3, -0.25) is 0 Å². The number of alkyl halides is 2. The molecule has 0 aromatic carbocycles. The minimum Gasteiger partial charge on any atom is -0.223 e. The van der Waals surface area contributed by atoms with Crippen molar-refractivity contribution in [2.75, 3.05) is 0 Å². The molecule has 0 fully saturated rings. The molecular formula is C5H6F3N3O2S. The average Bonchev–Trinajstić information content (AvgIpc) is 2.27. The average molecular weight is 229 g/mol. The van der Waals surface area contributed by atoms with Crippen molar-refractivity contribution in [3.8, 4) is 0 Å². The summed E-state index contributed by atoms with van der Waals surface area (Å²) in [6.45, 7) is 0.437. The van der Waals surface area contributed by atoms with E-state index in [0.29, 0.717) is 6.92 Å². The molecule has 0 amide bonds. The van der Waals surface area contributed by atoms with E-state index in [1.807, 2.05) is 0 Å². The monoisotopic (exact) mass is 229 g/mol. The molecule has 1 heterocycles. The Morgan fingerprint density at radius 1 is 1.57 bits per heavy atom. The number of aromatic nitrogens is 2. The molecule has 0 unspecified atom stereocenters. The topological polar surface area (TPSA) is 78.0 Å². The van der Waals surface area contributed by atoms with E-state index in [2.05, 4.69) is 10.2 Å². The highest BCUT2D eigenvalue weighted by Gasteiger charge is 2.29. The van der Waals surface area contributed by atoms with Crippen molar-refractivity contribution < 1.29 is 21.6 Å². The number of nitrogens with zero attached hydrogens (tertiary/aromatic N) is 2. The highest BCUT2D eigenvalue weighted by atomic mass is 32.2. The largest absolute Gasteiger partial charge is 0.340 e. The summed E-state index contributed by atoms with van der Waals surface area (Å²) in [6.07, 6.45) is 0.264. The van der Waals surface area contributed by atoms with Crippen LogP contribution in [0.3, 0.4) is 0 Å². The molecule has 0 aliphatic carbocycles. The van der Waals surface area contributed by atoms with Gasteiger partial charge in [-0.05, 0) is 0 Å². The number of halogens is 3. The molecule has 0 aliphatic heterocycles. The predicted octanol–water partition coefficient (Wildman–Crippen LogP) is 0.239. The van der Waals surface area contributed by atoms with Crippen LogP contribution in [0.15, 0.2) is 11.2 Å². The smallest absolute Gasteiger partial charge is 0.223 e. The Bertz CT molecular complexity index is 447. The summed E-state index contributed by atoms with van der Waals surface area (Å²) in [7, 11) is -4.41. The molecule has 1 aromatic rings. The third-order valence-corrected chi connectivity index (χ3v) is 2.13. The predicted molar refractivity (Wildman–Crippen MR) is 39.4 cm³/mol. The van der Waals surface area contributed by atoms with E-state index in [9.17, 15) is 21.6 Å². The van der Waals surface area contributed by atoms with Crippen molar-refractivity contribution in [3.63, 3.8) is 0 Å². The number of rotatable bonds is 2. The van der Waals surface area contributed by atoms with Gasteiger partial charge in [-0.1, -0.05) is 0 Å². The van der Waals surface area contributed by atoms with Crippen LogP contribution < -0.4 is 5.14 Å². The summed E-state index contributed by atoms with van der Waals surface area (Å²) in [5, 5.41) is 6.16. The maximum atomic E-state index is 12.8. The van der Waals surface area contributed by atoms with Gasteiger partial charge in [-0.15, -0.1) is 0 Å². The van der Waals surface area contributed by atoms with Crippen molar-refractivity contribution in [2.45, 2.75) is 18.0 Å². The second-order valence-corrected chi connectivity index (χ2v) is 4.09. The van der Waals surface area contributed by atoms with E-state index in [4.69, 9.17) is 0 Å². The molecule has 0 atom stereocenters. The van der Waals surface area contributed by atoms with E-state index in [1.165, 1.54) is 0 Å². The van der Waals surface area contributed by atoms with E-state index in [-0.39, 0.29) is 10.9 Å². The van der Waals surface area contributed by atoms with Gasteiger partial charge >= 0.3 is 6.05 Å². The molecule has 0 saturated carbocycles. The molecular weight excluding hydrogens is 223 g/mol. The molecule has 0 radical (unpaired) electrons. The molecule has 1 rings (SSSR count). The van der Waals surface area contributed by atoms with E-state index in [0.717, 1.165) is 0 Å². The lowest BCUT2D eigenvalue weighted by molar-refractivity contribution is -0.0733. The normalized spacial score (nSPS) is 13.2. The summed E-state index contributed by atoms with van der Waals surface area (Å²) >= 11 is 0. The van der Waals surface area contributed by atoms with Crippen molar-refractivity contribution in [3.05, 3.63) is 12.0 Å². The first-order valence-corrected chi connectivity index (χ1v) is 4.83. The van der Waals surface area contributed by atoms with Gasteiger partial charge in [-0.25, -0.2) is 22.6 Å². The van der Waals surface area contributed by atoms with Gasteiger partial charge in [0.05, 0.1) is 6.20 Å². The van der Waals surface area contributed by atoms with Crippen LogP contribution in [0.2, 0.25) is 0 Å². The molecule has 0 spiro atoms. The Morgan fingerprint density at radius 3 is 2.29 bits per heavy atom. The minimum atomic E-state index is -4.41. The first kappa shape index (κ1) is 11.0. The van der Waals surface area contributed by atoms with E-state index >= 15 is 0 Å². The zero-order chi connectivity index (χ0) is 11.1. The van der Waals surface area contributed by atoms with Crippen LogP contribution in [0.4, 0.5) is 13.2 Å². The zero-order valence-corrected chi connectivity index (χ0v) is 7.72. The molecule has 14 heavy (non-hydrogen) atoms. The quantitative estimate of drug-likeness (QED) is 0.788. The van der Waals surface area contributed by atoms with Gasteiger partial charge in [0.25, 0.3) is 10.0 Å². The Balaban J connectivity index is 3.33. The number of hydrogen-bond donors (Lipinski definition) is 1. The minimum absolute atomic E-state index is 0.109. The standard InChI is InChI=1S/C5H6F3N3O2S/c1-5(7,8)11-2-3(6)4(10-11)14(9,12)13/h2H,1H3,(H2,9,12,13). The maximum Gasteiger partial charge on any atom is 0.340 e. The van der Waals surface area contributed by atoms with Crippen molar-refractivity contribution in [1.82, 2.24) is 9.78 Å². The second-order valence-electron chi connectivity index (χ2n) is 2.61. The summed E-state index contributed by atoms with van der Waals surface area (Å²) in [6, 6.07) is -3.48. The van der Waals surface area contributed by atoms with E-state index in [1.54, 1.807) is 0 Å². The second kappa shape index (κ2) is 2.95. The van der Waals surface area contributed by atoms with Crippen LogP contribution in [-0.2, 0) is 16.1 Å². The Labute approximate surface area is 77.4 Å². The summed E-state index contributed by atoms with van der Waals surface area (Å²) < 4.78 is 58.9. The van der Waals surface area contributed by atoms with Crippen molar-refractivity contribution in [2.24, 2.45) is 5.14 Å². The third kappa shape index (κ3) is 2.04. The Morgan fingerprint density at radius 2 is 2.07 bits per heavy atom. The Kier molecular flexibility index (Phi) is 2.32. The fraction of sp³-hybridized carbons (Fsp3) is 0.400. The van der Waals surface area contributed by atoms with Gasteiger partial charge < -0.3 is 0 Å². The maximum absolute atomic E-state index is 12.8. The van der Waals surface area contributed by atoms with Crippen molar-refractivity contribution in [1.29, 1.82) is 0 Å². The molecule has 0 bridgehead atoms. The lowest BCUT2D eigenvalue weighted by atomic mass is 10.6. The number of nitrogens with two attached hydrogens (primary N) is 1. The SMILES string of the molecule is CC(F)(F)n1cc(F)c(S(N)(=O)=O)n1. The van der Waals surface area contributed by atoms with Gasteiger partial charge in [0.1, 0.15) is 0 Å². The highest BCUT2D eigenvalue weighted by molar-refractivity contribution is 7.89. The van der Waals surface area contributed by atoms with Crippen LogP contribution in [0.5, 0.6) is 0 Å². The molecule has 2 N–H and O–H groups in total. The molecule has 9 heteroatoms. The number of hydrogen-bond acceptors (Lipinski definition) is 3. The first-order chi connectivity index (χ1) is 6.12. The molecule has 0 aliphatic rings. The molecule has 80 valence electrons. The van der Waals surface area contributed by atoms with E-state index < -0.39 is 26.9 Å². The summed E-state index contributed by atoms with van der Waals surface area (Å²) in [4.78, 5) is 0. The zero-order valence-electron chi connectivity index (χ0n) is 6.91. The van der Waals surface area contributed by atoms with Gasteiger partial charge in [0, 0.05) is 6.92 Å². The fourth-order valence-electron chi connectivity index (χ4n) is 0.731. The van der Waals surface area contributed by atoms with Crippen molar-refractivity contribution >= 4 is 10.0 Å². The number of primary sulfonamides is 1. The molecule has 5 nitrogen and oxygen atoms in total. The van der Waals surface area contributed by atoms with Crippen LogP contribution in [0.1, 0.15) is 6.92 Å². The van der Waals surface area contributed by atoms with Crippen LogP contribution in [0.25, 0.3) is 0 Å². The molecule has 1 aromatic heterocycles. The lowest BCUT2D eigenvalue weighted by Crippen LogP contribution is -2.20. The number of sulfonamides is 1. The fourth-order valence-corrected chi connectivity index (χ4v) is 1.26. The van der Waals surface area contributed by atoms with Crippen LogP contribution in [0, 0.1) is 5.82 Å². The van der Waals surface area contributed by atoms with Gasteiger partial charge in [0.2, 0.25) is 5.03 Å². The summed E-state index contributed by atoms with van der Waals surface area (Å²) in [5.74, 6) is -1.41. The Hall–Kier alpha value is -1.09. The summed E-state index contributed by atoms with van der Waals surface area (Å²) in [5.41, 5.74) is 0. The lowest BCUT2D eigenvalue weighted by Gasteiger charge is -2.08. The van der Waals surface area contributed by atoms with Crippen LogP contribution >= 0.6 is 0 Å². The first-order valence-electron chi connectivity index (χ1n) is 3.28. The third-order valence-electron chi connectivity index (χ3n) is 1.31. The van der Waals surface area contributed by atoms with Gasteiger partial charge in [-0.2, -0.15) is 13.9 Å².